The van der Waals surface area contributed by atoms with Crippen LogP contribution in [0.5, 0.6) is 11.5 Å². The molecule has 0 aromatic heterocycles. The van der Waals surface area contributed by atoms with Crippen LogP contribution in [0.2, 0.25) is 0 Å². The highest BCUT2D eigenvalue weighted by Gasteiger charge is 2.20. The Morgan fingerprint density at radius 2 is 2.10 bits per heavy atom. The molecule has 0 spiro atoms. The van der Waals surface area contributed by atoms with E-state index in [1.165, 1.54) is 24.3 Å². The second-order valence-electron chi connectivity index (χ2n) is 3.85. The number of nitrogens with zero attached hydrogens (tertiary/aromatic N) is 1. The number of rotatable bonds is 4. The molecule has 0 fully saturated rings. The predicted octanol–water partition coefficient (Wildman–Crippen LogP) is 5.03. The molecule has 0 atom stereocenters. The molecule has 2 aromatic carbocycles. The normalized spacial score (nSPS) is 10.3. The van der Waals surface area contributed by atoms with E-state index in [1.807, 2.05) is 0 Å². The van der Waals surface area contributed by atoms with E-state index in [0.717, 1.165) is 0 Å². The zero-order chi connectivity index (χ0) is 14.7. The van der Waals surface area contributed by atoms with E-state index in [-0.39, 0.29) is 23.1 Å². The van der Waals surface area contributed by atoms with Crippen molar-refractivity contribution in [1.82, 2.24) is 0 Å². The lowest BCUT2D eigenvalue weighted by atomic mass is 10.2. The molecular weight excluding hydrogens is 353 g/mol. The second kappa shape index (κ2) is 6.19. The maximum Gasteiger partial charge on any atom is 0.312 e. The molecule has 0 N–H and O–H groups in total. The Labute approximate surface area is 127 Å². The van der Waals surface area contributed by atoms with Crippen molar-refractivity contribution in [1.29, 1.82) is 0 Å². The summed E-state index contributed by atoms with van der Waals surface area (Å²) in [6.07, 6.45) is 0. The fraction of sp³-hybridized carbons (Fsp3) is 0.0769. The van der Waals surface area contributed by atoms with Crippen molar-refractivity contribution in [3.05, 3.63) is 62.4 Å². The first-order valence-corrected chi connectivity index (χ1v) is 6.81. The fourth-order valence-electron chi connectivity index (χ4n) is 1.56. The van der Waals surface area contributed by atoms with Crippen molar-refractivity contribution in [2.24, 2.45) is 0 Å². The van der Waals surface area contributed by atoms with Gasteiger partial charge in [-0.3, -0.25) is 10.1 Å². The van der Waals surface area contributed by atoms with Gasteiger partial charge in [-0.2, -0.15) is 0 Å². The van der Waals surface area contributed by atoms with Crippen LogP contribution in [0.25, 0.3) is 0 Å². The number of halogens is 3. The van der Waals surface area contributed by atoms with Gasteiger partial charge >= 0.3 is 5.69 Å². The van der Waals surface area contributed by atoms with Crippen molar-refractivity contribution < 1.29 is 14.1 Å². The number of hydrogen-bond acceptors (Lipinski definition) is 3. The molecule has 0 saturated heterocycles. The quantitative estimate of drug-likeness (QED) is 0.436. The lowest BCUT2D eigenvalue weighted by molar-refractivity contribution is -0.385. The monoisotopic (exact) mass is 359 g/mol. The number of benzene rings is 2. The van der Waals surface area contributed by atoms with Gasteiger partial charge in [-0.15, -0.1) is 11.6 Å². The Bertz CT molecular complexity index is 666. The molecule has 0 aliphatic heterocycles. The maximum absolute atomic E-state index is 13.8. The van der Waals surface area contributed by atoms with Crippen LogP contribution in [0.1, 0.15) is 5.56 Å². The van der Waals surface area contributed by atoms with Gasteiger partial charge in [0, 0.05) is 11.9 Å². The molecule has 20 heavy (non-hydrogen) atoms. The van der Waals surface area contributed by atoms with Gasteiger partial charge in [0.05, 0.1) is 9.40 Å². The summed E-state index contributed by atoms with van der Waals surface area (Å²) in [4.78, 5) is 10.4. The van der Waals surface area contributed by atoms with Gasteiger partial charge in [0.25, 0.3) is 0 Å². The Morgan fingerprint density at radius 3 is 2.70 bits per heavy atom. The fourth-order valence-corrected chi connectivity index (χ4v) is 2.17. The summed E-state index contributed by atoms with van der Waals surface area (Å²) in [5.41, 5.74) is 0.346. The van der Waals surface area contributed by atoms with Gasteiger partial charge in [-0.25, -0.2) is 4.39 Å². The summed E-state index contributed by atoms with van der Waals surface area (Å²) < 4.78 is 19.5. The van der Waals surface area contributed by atoms with Crippen LogP contribution in [0.15, 0.2) is 40.9 Å². The summed E-state index contributed by atoms with van der Waals surface area (Å²) in [6.45, 7) is 0. The minimum Gasteiger partial charge on any atom is -0.446 e. The Morgan fingerprint density at radius 1 is 1.35 bits per heavy atom. The molecule has 0 aliphatic carbocycles. The predicted molar refractivity (Wildman–Crippen MR) is 76.8 cm³/mol. The number of ether oxygens (including phenoxy) is 1. The molecule has 0 aliphatic rings. The van der Waals surface area contributed by atoms with Crippen molar-refractivity contribution in [3.8, 4) is 11.5 Å². The summed E-state index contributed by atoms with van der Waals surface area (Å²) in [5.74, 6) is -0.607. The van der Waals surface area contributed by atoms with Gasteiger partial charge in [-0.1, -0.05) is 12.1 Å². The van der Waals surface area contributed by atoms with Gasteiger partial charge in [0.2, 0.25) is 5.75 Å². The van der Waals surface area contributed by atoms with Crippen LogP contribution in [0.3, 0.4) is 0 Å². The first-order chi connectivity index (χ1) is 9.52. The summed E-state index contributed by atoms with van der Waals surface area (Å²) in [7, 11) is 0. The lowest BCUT2D eigenvalue weighted by Crippen LogP contribution is -1.96. The van der Waals surface area contributed by atoms with Crippen LogP contribution in [-0.2, 0) is 5.88 Å². The highest BCUT2D eigenvalue weighted by atomic mass is 79.9. The molecular formula is C13H8BrClFNO3. The van der Waals surface area contributed by atoms with Crippen molar-refractivity contribution in [2.45, 2.75) is 5.88 Å². The van der Waals surface area contributed by atoms with Crippen LogP contribution < -0.4 is 4.74 Å². The molecule has 2 aromatic rings. The van der Waals surface area contributed by atoms with Crippen molar-refractivity contribution in [2.75, 3.05) is 0 Å². The van der Waals surface area contributed by atoms with Gasteiger partial charge in [0.1, 0.15) is 0 Å². The second-order valence-corrected chi connectivity index (χ2v) is 4.97. The third-order valence-electron chi connectivity index (χ3n) is 2.51. The van der Waals surface area contributed by atoms with E-state index < -0.39 is 10.7 Å². The van der Waals surface area contributed by atoms with Crippen LogP contribution >= 0.6 is 27.5 Å². The highest BCUT2D eigenvalue weighted by Crippen LogP contribution is 2.38. The van der Waals surface area contributed by atoms with Crippen molar-refractivity contribution >= 4 is 33.2 Å². The highest BCUT2D eigenvalue weighted by molar-refractivity contribution is 9.10. The largest absolute Gasteiger partial charge is 0.446 e. The number of nitro groups is 1. The van der Waals surface area contributed by atoms with Gasteiger partial charge in [-0.05, 0) is 39.7 Å². The van der Waals surface area contributed by atoms with Crippen LogP contribution in [0, 0.1) is 15.9 Å². The zero-order valence-electron chi connectivity index (χ0n) is 9.98. The summed E-state index contributed by atoms with van der Waals surface area (Å²) in [6, 6.07) is 8.57. The summed E-state index contributed by atoms with van der Waals surface area (Å²) >= 11 is 8.75. The maximum atomic E-state index is 13.8. The number of hydrogen-bond donors (Lipinski definition) is 0. The minimum atomic E-state index is -0.631. The Balaban J connectivity index is 2.42. The van der Waals surface area contributed by atoms with E-state index in [1.54, 1.807) is 12.1 Å². The van der Waals surface area contributed by atoms with Crippen molar-refractivity contribution in [3.63, 3.8) is 0 Å². The smallest absolute Gasteiger partial charge is 0.312 e. The molecule has 0 radical (unpaired) electrons. The summed E-state index contributed by atoms with van der Waals surface area (Å²) in [5, 5.41) is 10.9. The van der Waals surface area contributed by atoms with Crippen LogP contribution in [-0.4, -0.2) is 4.92 Å². The molecule has 0 saturated carbocycles. The molecule has 0 unspecified atom stereocenters. The minimum absolute atomic E-state index is 0.0463. The SMILES string of the molecule is O=[N+]([O-])c1cccc(Br)c1Oc1ccc(CCl)cc1F. The average Bonchev–Trinajstić information content (AvgIpc) is 2.42. The standard InChI is InChI=1S/C13H8BrClFNO3/c14-9-2-1-3-11(17(18)19)13(9)20-12-5-4-8(7-15)6-10(12)16/h1-6H,7H2. The Hall–Kier alpha value is -1.66. The van der Waals surface area contributed by atoms with E-state index in [0.29, 0.717) is 10.0 Å². The van der Waals surface area contributed by atoms with Crippen LogP contribution in [0.4, 0.5) is 10.1 Å². The van der Waals surface area contributed by atoms with E-state index >= 15 is 0 Å². The third kappa shape index (κ3) is 3.08. The molecule has 0 amide bonds. The molecule has 104 valence electrons. The number of para-hydroxylation sites is 1. The Kier molecular flexibility index (Phi) is 4.57. The number of nitro benzene ring substituents is 1. The molecule has 0 heterocycles. The first kappa shape index (κ1) is 14.7. The number of alkyl halides is 1. The van der Waals surface area contributed by atoms with E-state index in [4.69, 9.17) is 16.3 Å². The van der Waals surface area contributed by atoms with Gasteiger partial charge < -0.3 is 4.74 Å². The zero-order valence-corrected chi connectivity index (χ0v) is 12.3. The molecule has 4 nitrogen and oxygen atoms in total. The first-order valence-electron chi connectivity index (χ1n) is 5.48. The lowest BCUT2D eigenvalue weighted by Gasteiger charge is -2.09. The van der Waals surface area contributed by atoms with E-state index in [2.05, 4.69) is 15.9 Å². The average molecular weight is 361 g/mol. The third-order valence-corrected chi connectivity index (χ3v) is 3.44. The molecule has 0 bridgehead atoms. The molecule has 2 rings (SSSR count). The van der Waals surface area contributed by atoms with E-state index in [9.17, 15) is 14.5 Å². The topological polar surface area (TPSA) is 52.4 Å². The molecule has 7 heteroatoms. The van der Waals surface area contributed by atoms with Gasteiger partial charge in [0.15, 0.2) is 11.6 Å².